The fourth-order valence-corrected chi connectivity index (χ4v) is 14.8. The zero-order valence-electron chi connectivity index (χ0n) is 43.8. The van der Waals surface area contributed by atoms with Crippen LogP contribution in [0.15, 0.2) is 129 Å². The summed E-state index contributed by atoms with van der Waals surface area (Å²) in [6.07, 6.45) is 14.0. The molecule has 3 aromatic heterocycles. The van der Waals surface area contributed by atoms with Crippen LogP contribution in [0.25, 0.3) is 0 Å². The summed E-state index contributed by atoms with van der Waals surface area (Å²) in [7, 11) is -6.49. The second-order valence-electron chi connectivity index (χ2n) is 19.3. The average molecular weight is 1280 g/mol. The lowest BCUT2D eigenvalue weighted by molar-refractivity contribution is 0.0897. The van der Waals surface area contributed by atoms with Gasteiger partial charge in [-0.25, -0.2) is 37.2 Å². The molecule has 6 aromatic rings. The standard InChI is InChI=1S/2C18H19N3O5S.C12H8BrNO3S.C6H13NO.2CH4.B2H3/c2*22-17(19-8-7-13-3-2-10-26-13)12-5-6-16-14(11-12)20-18(23)15-4-1-9-21(15)27(16,24)25;13-9-3-4-12-8(6-9)7-11(15)10-2-1-5-14(10)18(12,16)17;7-4-3-6-2-1-5-8-6;;;1-2/h2*1,4-6,9,11,13H,2-3,7-8,10H2,(H,19,22)(H,20,23);1-6H,7H2;6H,1-5,7H2;2*1H4;1H3/q;;;;;;-1/t2*13-;;;;;/m10...../s1. The van der Waals surface area contributed by atoms with E-state index >= 15 is 0 Å². The molecule has 450 valence electrons. The molecule has 12 rings (SSSR count). The Bertz CT molecular complexity index is 3520. The molecule has 0 saturated carbocycles. The number of benzene rings is 3. The normalized spacial score (nSPS) is 19.5. The first-order valence-electron chi connectivity index (χ1n) is 26.0. The summed E-state index contributed by atoms with van der Waals surface area (Å²) in [4.78, 5) is 61.5. The van der Waals surface area contributed by atoms with Gasteiger partial charge >= 0.3 is 0 Å². The van der Waals surface area contributed by atoms with E-state index in [0.29, 0.717) is 24.8 Å². The maximum absolute atomic E-state index is 12.8. The van der Waals surface area contributed by atoms with Crippen molar-refractivity contribution in [1.82, 2.24) is 22.6 Å². The first kappa shape index (κ1) is 66.5. The summed E-state index contributed by atoms with van der Waals surface area (Å²) in [5.41, 5.74) is 6.86. The van der Waals surface area contributed by atoms with Crippen molar-refractivity contribution >= 4 is 102 Å². The number of nitrogens with one attached hydrogen (secondary N) is 4. The fourth-order valence-electron chi connectivity index (χ4n) is 9.87. The van der Waals surface area contributed by atoms with Crippen molar-refractivity contribution in [2.75, 3.05) is 50.1 Å². The number of nitrogens with zero attached hydrogens (tertiary/aromatic N) is 3. The predicted octanol–water partition coefficient (Wildman–Crippen LogP) is 5.63. The van der Waals surface area contributed by atoms with E-state index in [1.54, 1.807) is 18.2 Å². The van der Waals surface area contributed by atoms with Gasteiger partial charge in [-0.15, -0.1) is 0 Å². The summed E-state index contributed by atoms with van der Waals surface area (Å²) >= 11 is 3.29. The molecule has 0 spiro atoms. The Morgan fingerprint density at radius 2 is 0.976 bits per heavy atom. The summed E-state index contributed by atoms with van der Waals surface area (Å²) in [6.45, 7) is 4.18. The van der Waals surface area contributed by atoms with E-state index in [9.17, 15) is 49.2 Å². The molecule has 2 radical (unpaired) electrons. The lowest BCUT2D eigenvalue weighted by Gasteiger charge is -2.12. The third kappa shape index (κ3) is 15.1. The second kappa shape index (κ2) is 29.4. The Balaban J connectivity index is 0.000000187. The monoisotopic (exact) mass is 1280 g/mol. The molecule has 3 fully saturated rings. The van der Waals surface area contributed by atoms with E-state index in [0.717, 1.165) is 87.7 Å². The van der Waals surface area contributed by atoms with Crippen LogP contribution in [0.3, 0.4) is 0 Å². The predicted molar refractivity (Wildman–Crippen MR) is 326 cm³/mol. The van der Waals surface area contributed by atoms with Gasteiger partial charge in [-0.3, -0.25) is 24.0 Å². The van der Waals surface area contributed by atoms with Crippen LogP contribution in [0.2, 0.25) is 0 Å². The molecule has 6 aliphatic rings. The quantitative estimate of drug-likeness (QED) is 0.104. The smallest absolute Gasteiger partial charge is 0.273 e. The molecule has 22 nitrogen and oxygen atoms in total. The van der Waals surface area contributed by atoms with Crippen LogP contribution in [0.5, 0.6) is 0 Å². The molecule has 0 aliphatic carbocycles. The Labute approximate surface area is 501 Å². The number of fused-ring (bicyclic) bond motifs is 6. The van der Waals surface area contributed by atoms with Gasteiger partial charge in [0, 0.05) is 73.5 Å². The van der Waals surface area contributed by atoms with Gasteiger partial charge in [0.2, 0.25) is 0 Å². The summed E-state index contributed by atoms with van der Waals surface area (Å²) in [5.74, 6) is -1.94. The lowest BCUT2D eigenvalue weighted by atomic mass is 9.81. The Hall–Kier alpha value is -6.65. The van der Waals surface area contributed by atoms with Gasteiger partial charge in [0.15, 0.2) is 5.78 Å². The number of ether oxygens (including phenoxy) is 3. The largest absolute Gasteiger partial charge is 0.378 e. The highest BCUT2D eigenvalue weighted by atomic mass is 79.9. The number of halogens is 1. The number of rotatable bonds is 10. The molecule has 1 unspecified atom stereocenters. The van der Waals surface area contributed by atoms with Crippen molar-refractivity contribution < 1.29 is 63.4 Å². The fraction of sp³-hybridized carbons (Fsp3) is 0.375. The Morgan fingerprint density at radius 3 is 1.39 bits per heavy atom. The van der Waals surface area contributed by atoms with Crippen molar-refractivity contribution in [1.29, 1.82) is 0 Å². The average Bonchev–Trinajstić information content (AvgIpc) is 1.93. The molecule has 4 amide bonds. The molecular weight excluding hydrogens is 1210 g/mol. The van der Waals surface area contributed by atoms with Gasteiger partial charge in [-0.1, -0.05) is 38.5 Å². The molecular formula is C56H70B2BrN8O14S3-. The SMILES string of the molecule is C.C.NCCC1CCCO1.O=C(NCC[C@@H]1CCCO1)c1ccc2c(c1)NC(=O)c1cccn1S2(=O)=O.O=C(NCC[C@H]1CCCO1)c1ccc2c(c1)NC(=O)c1cccn1S2(=O)=O.O=C1Cc2cc(Br)ccc2S(=O)(=O)n2cccc21.[B][BH3-]. The number of hydrogen-bond donors (Lipinski definition) is 5. The van der Waals surface area contributed by atoms with Gasteiger partial charge in [-0.05, 0) is 161 Å². The van der Waals surface area contributed by atoms with Crippen LogP contribution in [-0.2, 0) is 50.7 Å². The maximum atomic E-state index is 12.8. The van der Waals surface area contributed by atoms with E-state index in [2.05, 4.69) is 37.2 Å². The number of aromatic nitrogens is 3. The number of Topliss-reactive ketones (excluding diaryl/α,β-unsaturated/α-hetero) is 1. The van der Waals surface area contributed by atoms with Crippen molar-refractivity contribution in [2.24, 2.45) is 5.73 Å². The number of carbonyl (C=O) groups is 5. The maximum Gasteiger partial charge on any atom is 0.273 e. The highest BCUT2D eigenvalue weighted by Crippen LogP contribution is 2.33. The molecule has 6 aliphatic heterocycles. The number of carbonyl (C=O) groups excluding carboxylic acids is 5. The van der Waals surface area contributed by atoms with Crippen LogP contribution in [-0.4, -0.2) is 140 Å². The third-order valence-corrected chi connectivity index (χ3v) is 19.7. The number of amides is 4. The van der Waals surface area contributed by atoms with E-state index in [1.807, 2.05) is 0 Å². The third-order valence-electron chi connectivity index (χ3n) is 13.9. The van der Waals surface area contributed by atoms with Gasteiger partial charge in [0.25, 0.3) is 53.7 Å². The molecule has 0 bridgehead atoms. The van der Waals surface area contributed by atoms with E-state index in [1.165, 1.54) is 104 Å². The number of hydrogen-bond acceptors (Lipinski definition) is 15. The highest BCUT2D eigenvalue weighted by Gasteiger charge is 2.33. The lowest BCUT2D eigenvalue weighted by Crippen LogP contribution is -2.27. The van der Waals surface area contributed by atoms with Gasteiger partial charge < -0.3 is 41.2 Å². The van der Waals surface area contributed by atoms with Crippen molar-refractivity contribution in [2.45, 2.75) is 112 Å². The minimum absolute atomic E-state index is 0. The number of ketones is 1. The van der Waals surface area contributed by atoms with Gasteiger partial charge in [0.1, 0.15) is 26.9 Å². The van der Waals surface area contributed by atoms with E-state index in [4.69, 9.17) is 27.7 Å². The molecule has 84 heavy (non-hydrogen) atoms. The van der Waals surface area contributed by atoms with Crippen molar-refractivity contribution in [3.8, 4) is 0 Å². The number of anilines is 2. The summed E-state index contributed by atoms with van der Waals surface area (Å²) in [5, 5.41) is 10.8. The van der Waals surface area contributed by atoms with Crippen LogP contribution in [0.1, 0.15) is 130 Å². The van der Waals surface area contributed by atoms with Gasteiger partial charge in [0.05, 0.1) is 34.6 Å². The van der Waals surface area contributed by atoms with Crippen LogP contribution in [0.4, 0.5) is 11.4 Å². The Morgan fingerprint density at radius 1 is 0.583 bits per heavy atom. The first-order chi connectivity index (χ1) is 39.4. The molecule has 6 N–H and O–H groups in total. The second-order valence-corrected chi connectivity index (χ2v) is 25.6. The minimum Gasteiger partial charge on any atom is -0.378 e. The zero-order chi connectivity index (χ0) is 58.8. The molecule has 28 heteroatoms. The molecule has 3 aromatic carbocycles. The van der Waals surface area contributed by atoms with Crippen LogP contribution < -0.4 is 27.0 Å². The van der Waals surface area contributed by atoms with Crippen LogP contribution in [0, 0.1) is 0 Å². The number of nitrogens with two attached hydrogens (primary N) is 1. The van der Waals surface area contributed by atoms with Gasteiger partial charge in [-0.2, -0.15) is 7.74 Å². The molecule has 9 heterocycles. The Kier molecular flexibility index (Phi) is 23.3. The van der Waals surface area contributed by atoms with Crippen molar-refractivity contribution in [3.63, 3.8) is 0 Å². The molecule has 3 saturated heterocycles. The van der Waals surface area contributed by atoms with E-state index < -0.39 is 41.9 Å². The first-order valence-corrected chi connectivity index (χ1v) is 31.1. The van der Waals surface area contributed by atoms with Crippen LogP contribution >= 0.6 is 15.9 Å². The minimum atomic E-state index is -3.91. The topological polar surface area (TPSA) is 304 Å². The van der Waals surface area contributed by atoms with E-state index in [-0.39, 0.29) is 113 Å². The highest BCUT2D eigenvalue weighted by molar-refractivity contribution is 9.10. The zero-order valence-corrected chi connectivity index (χ0v) is 47.8. The molecule has 3 atom stereocenters. The van der Waals surface area contributed by atoms with Crippen molar-refractivity contribution in [3.05, 3.63) is 148 Å². The summed E-state index contributed by atoms with van der Waals surface area (Å²) < 4.78 is 96.0. The summed E-state index contributed by atoms with van der Waals surface area (Å²) in [6, 6.07) is 22.1.